The zero-order valence-corrected chi connectivity index (χ0v) is 18.8. The van der Waals surface area contributed by atoms with Crippen LogP contribution in [0.25, 0.3) is 11.1 Å². The third kappa shape index (κ3) is 2.82. The van der Waals surface area contributed by atoms with E-state index in [0.717, 1.165) is 19.3 Å². The zero-order valence-electron chi connectivity index (χ0n) is 18.8. The van der Waals surface area contributed by atoms with Crippen molar-refractivity contribution in [3.05, 3.63) is 130 Å². The molecule has 4 aromatic rings. The van der Waals surface area contributed by atoms with Crippen molar-refractivity contribution < 1.29 is 0 Å². The van der Waals surface area contributed by atoms with Crippen molar-refractivity contribution in [3.63, 3.8) is 0 Å². The lowest BCUT2D eigenvalue weighted by atomic mass is 9.66. The van der Waals surface area contributed by atoms with Gasteiger partial charge in [0.2, 0.25) is 0 Å². The van der Waals surface area contributed by atoms with Gasteiger partial charge in [-0.3, -0.25) is 0 Å². The van der Waals surface area contributed by atoms with E-state index in [1.165, 1.54) is 50.1 Å². The summed E-state index contributed by atoms with van der Waals surface area (Å²) in [4.78, 5) is 0. The first kappa shape index (κ1) is 19.8. The second-order valence-electron chi connectivity index (χ2n) is 8.56. The van der Waals surface area contributed by atoms with E-state index in [2.05, 4.69) is 112 Å². The smallest absolute Gasteiger partial charge is 0.0622 e. The molecule has 0 unspecified atom stereocenters. The Morgan fingerprint density at radius 1 is 0.581 bits per heavy atom. The summed E-state index contributed by atoms with van der Waals surface area (Å²) in [5.74, 6) is 0. The van der Waals surface area contributed by atoms with Gasteiger partial charge < -0.3 is 0 Å². The van der Waals surface area contributed by atoms with Gasteiger partial charge in [0.1, 0.15) is 0 Å². The molecule has 0 nitrogen and oxygen atoms in total. The number of benzene rings is 4. The first-order chi connectivity index (χ1) is 15.2. The Balaban J connectivity index is 2.03. The average molecular weight is 403 g/mol. The highest BCUT2D eigenvalue weighted by atomic mass is 14.5. The Bertz CT molecular complexity index is 1180. The van der Waals surface area contributed by atoms with Crippen LogP contribution in [-0.4, -0.2) is 0 Å². The molecule has 0 aliphatic heterocycles. The van der Waals surface area contributed by atoms with Gasteiger partial charge in [0.15, 0.2) is 0 Å². The van der Waals surface area contributed by atoms with Crippen molar-refractivity contribution in [3.8, 4) is 11.1 Å². The Morgan fingerprint density at radius 2 is 1.16 bits per heavy atom. The van der Waals surface area contributed by atoms with Crippen LogP contribution in [0.1, 0.15) is 59.7 Å². The van der Waals surface area contributed by atoms with Crippen LogP contribution in [0.5, 0.6) is 0 Å². The molecule has 0 heterocycles. The van der Waals surface area contributed by atoms with Crippen LogP contribution in [0.4, 0.5) is 0 Å². The monoisotopic (exact) mass is 402 g/mol. The summed E-state index contributed by atoms with van der Waals surface area (Å²) in [6.07, 6.45) is 3.12. The minimum atomic E-state index is -0.283. The fraction of sp³-hybridized carbons (Fsp3) is 0.226. The summed E-state index contributed by atoms with van der Waals surface area (Å²) < 4.78 is 0. The summed E-state index contributed by atoms with van der Waals surface area (Å²) in [7, 11) is 0. The highest BCUT2D eigenvalue weighted by Gasteiger charge is 2.47. The van der Waals surface area contributed by atoms with Crippen LogP contribution in [0.2, 0.25) is 0 Å². The van der Waals surface area contributed by atoms with Gasteiger partial charge in [0.05, 0.1) is 5.41 Å². The lowest BCUT2D eigenvalue weighted by molar-refractivity contribution is 0.753. The van der Waals surface area contributed by atoms with Crippen LogP contribution in [0.3, 0.4) is 0 Å². The van der Waals surface area contributed by atoms with Gasteiger partial charge in [-0.25, -0.2) is 0 Å². The second-order valence-corrected chi connectivity index (χ2v) is 8.56. The lowest BCUT2D eigenvalue weighted by Gasteiger charge is -2.35. The second kappa shape index (κ2) is 7.85. The molecule has 1 aliphatic rings. The van der Waals surface area contributed by atoms with Gasteiger partial charge in [0, 0.05) is 0 Å². The molecule has 0 spiro atoms. The molecular formula is C31H30. The third-order valence-electron chi connectivity index (χ3n) is 7.09. The maximum atomic E-state index is 2.48. The molecule has 0 N–H and O–H groups in total. The fourth-order valence-corrected chi connectivity index (χ4v) is 5.63. The van der Waals surface area contributed by atoms with Crippen molar-refractivity contribution >= 4 is 0 Å². The minimum absolute atomic E-state index is 0.283. The van der Waals surface area contributed by atoms with Crippen LogP contribution < -0.4 is 0 Å². The first-order valence-corrected chi connectivity index (χ1v) is 11.7. The van der Waals surface area contributed by atoms with Crippen molar-refractivity contribution in [2.45, 2.75) is 45.4 Å². The molecule has 5 rings (SSSR count). The normalized spacial score (nSPS) is 13.6. The van der Waals surface area contributed by atoms with Gasteiger partial charge in [-0.2, -0.15) is 0 Å². The van der Waals surface area contributed by atoms with E-state index in [1.807, 2.05) is 0 Å². The van der Waals surface area contributed by atoms with E-state index in [4.69, 9.17) is 0 Å². The predicted molar refractivity (Wildman–Crippen MR) is 132 cm³/mol. The summed E-state index contributed by atoms with van der Waals surface area (Å²) in [5, 5.41) is 0. The van der Waals surface area contributed by atoms with Crippen LogP contribution in [-0.2, 0) is 24.7 Å². The van der Waals surface area contributed by atoms with Gasteiger partial charge in [-0.15, -0.1) is 0 Å². The molecule has 1 aliphatic carbocycles. The van der Waals surface area contributed by atoms with Gasteiger partial charge in [-0.05, 0) is 69.3 Å². The largest absolute Gasteiger partial charge is 0.0716 e. The molecule has 154 valence electrons. The Kier molecular flexibility index (Phi) is 5.02. The highest BCUT2D eigenvalue weighted by Crippen LogP contribution is 2.58. The third-order valence-corrected chi connectivity index (χ3v) is 7.09. The highest BCUT2D eigenvalue weighted by molar-refractivity contribution is 5.89. The molecule has 0 fully saturated rings. The van der Waals surface area contributed by atoms with Crippen molar-refractivity contribution in [1.29, 1.82) is 0 Å². The molecule has 0 bridgehead atoms. The lowest BCUT2D eigenvalue weighted by Crippen LogP contribution is -2.30. The molecule has 0 atom stereocenters. The SMILES string of the molecule is CCc1ccc2c(c1)C(c1ccccc1)(c1ccccc1)c1c(CC)ccc(CC)c1-2. The maximum Gasteiger partial charge on any atom is 0.0716 e. The van der Waals surface area contributed by atoms with Crippen molar-refractivity contribution in [2.75, 3.05) is 0 Å². The van der Waals surface area contributed by atoms with E-state index in [1.54, 1.807) is 0 Å². The molecule has 0 radical (unpaired) electrons. The summed E-state index contributed by atoms with van der Waals surface area (Å²) in [6.45, 7) is 6.83. The van der Waals surface area contributed by atoms with Gasteiger partial charge in [0.25, 0.3) is 0 Å². The van der Waals surface area contributed by atoms with Crippen LogP contribution >= 0.6 is 0 Å². The molecule has 0 aromatic heterocycles. The van der Waals surface area contributed by atoms with E-state index in [-0.39, 0.29) is 5.41 Å². The quantitative estimate of drug-likeness (QED) is 0.282. The van der Waals surface area contributed by atoms with E-state index in [9.17, 15) is 0 Å². The zero-order chi connectivity index (χ0) is 21.4. The van der Waals surface area contributed by atoms with Gasteiger partial charge in [-0.1, -0.05) is 112 Å². The summed E-state index contributed by atoms with van der Waals surface area (Å²) >= 11 is 0. The van der Waals surface area contributed by atoms with Crippen LogP contribution in [0.15, 0.2) is 91.0 Å². The summed E-state index contributed by atoms with van der Waals surface area (Å²) in [6, 6.07) is 34.2. The van der Waals surface area contributed by atoms with E-state index >= 15 is 0 Å². The molecule has 31 heavy (non-hydrogen) atoms. The molecular weight excluding hydrogens is 372 g/mol. The molecule has 0 amide bonds. The van der Waals surface area contributed by atoms with E-state index < -0.39 is 0 Å². The molecule has 0 heteroatoms. The molecule has 4 aromatic carbocycles. The van der Waals surface area contributed by atoms with Crippen LogP contribution in [0, 0.1) is 0 Å². The standard InChI is InChI=1S/C31H30/c1-4-22-17-20-27-28(21-22)31(25-13-9-7-10-14-25,26-15-11-8-12-16-26)30-24(6-3)19-18-23(5-2)29(27)30/h7-21H,4-6H2,1-3H3. The average Bonchev–Trinajstić information content (AvgIpc) is 3.16. The number of aryl methyl sites for hydroxylation is 3. The van der Waals surface area contributed by atoms with Crippen molar-refractivity contribution in [1.82, 2.24) is 0 Å². The first-order valence-electron chi connectivity index (χ1n) is 11.7. The number of hydrogen-bond acceptors (Lipinski definition) is 0. The number of rotatable bonds is 5. The topological polar surface area (TPSA) is 0 Å². The minimum Gasteiger partial charge on any atom is -0.0622 e. The Morgan fingerprint density at radius 3 is 1.71 bits per heavy atom. The molecule has 0 saturated heterocycles. The van der Waals surface area contributed by atoms with Gasteiger partial charge >= 0.3 is 0 Å². The van der Waals surface area contributed by atoms with Crippen molar-refractivity contribution in [2.24, 2.45) is 0 Å². The van der Waals surface area contributed by atoms with E-state index in [0.29, 0.717) is 0 Å². The maximum absolute atomic E-state index is 2.48. The fourth-order valence-electron chi connectivity index (χ4n) is 5.63. The Labute approximate surface area is 186 Å². The predicted octanol–water partition coefficient (Wildman–Crippen LogP) is 7.74. The number of hydrogen-bond donors (Lipinski definition) is 0. The summed E-state index contributed by atoms with van der Waals surface area (Å²) in [5.41, 5.74) is 12.5. The molecule has 0 saturated carbocycles. The number of fused-ring (bicyclic) bond motifs is 3. The Hall–Kier alpha value is -3.12.